The maximum Gasteiger partial charge on any atom is 0.221 e. The van der Waals surface area contributed by atoms with Crippen LogP contribution in [0.5, 0.6) is 0 Å². The van der Waals surface area contributed by atoms with Gasteiger partial charge in [-0.1, -0.05) is 42.1 Å². The van der Waals surface area contributed by atoms with Gasteiger partial charge in [-0.05, 0) is 18.5 Å². The Morgan fingerprint density at radius 2 is 1.95 bits per heavy atom. The maximum absolute atomic E-state index is 11.4. The fourth-order valence-electron chi connectivity index (χ4n) is 1.59. The van der Waals surface area contributed by atoms with E-state index in [0.29, 0.717) is 25.3 Å². The van der Waals surface area contributed by atoms with Crippen molar-refractivity contribution >= 4 is 23.3 Å². The maximum atomic E-state index is 11.4. The van der Waals surface area contributed by atoms with Gasteiger partial charge in [-0.2, -0.15) is 0 Å². The molecule has 0 fully saturated rings. The van der Waals surface area contributed by atoms with E-state index in [0.717, 1.165) is 18.6 Å². The average molecular weight is 280 g/mol. The predicted molar refractivity (Wildman–Crippen MR) is 79.9 cm³/mol. The quantitative estimate of drug-likeness (QED) is 0.500. The third kappa shape index (κ3) is 8.40. The lowest BCUT2D eigenvalue weighted by Gasteiger charge is -2.06. The highest BCUT2D eigenvalue weighted by atomic mass is 32.2. The first-order chi connectivity index (χ1) is 9.33. The van der Waals surface area contributed by atoms with Crippen LogP contribution in [0.1, 0.15) is 12.0 Å². The van der Waals surface area contributed by atoms with Crippen molar-refractivity contribution in [3.8, 4) is 0 Å². The predicted octanol–water partition coefficient (Wildman–Crippen LogP) is 1.25. The second kappa shape index (κ2) is 10.6. The molecule has 2 N–H and O–H groups in total. The molecule has 0 bridgehead atoms. The van der Waals surface area contributed by atoms with Crippen molar-refractivity contribution in [2.75, 3.05) is 25.4 Å². The number of carbonyl (C=O) groups excluding carboxylic acids is 2. The highest BCUT2D eigenvalue weighted by Gasteiger charge is 1.99. The first-order valence-electron chi connectivity index (χ1n) is 6.39. The third-order valence-corrected chi connectivity index (χ3v) is 3.15. The smallest absolute Gasteiger partial charge is 0.221 e. The summed E-state index contributed by atoms with van der Waals surface area (Å²) in [5, 5.41) is 6.01. The van der Waals surface area contributed by atoms with E-state index in [4.69, 9.17) is 0 Å². The Labute approximate surface area is 118 Å². The van der Waals surface area contributed by atoms with Crippen LogP contribution in [-0.4, -0.2) is 36.9 Å². The van der Waals surface area contributed by atoms with E-state index in [2.05, 4.69) is 22.8 Å². The molecule has 0 aliphatic heterocycles. The summed E-state index contributed by atoms with van der Waals surface area (Å²) in [5.74, 6) is 0.662. The second-order valence-corrected chi connectivity index (χ2v) is 4.99. The summed E-state index contributed by atoms with van der Waals surface area (Å²) in [7, 11) is 0. The van der Waals surface area contributed by atoms with Gasteiger partial charge in [0.1, 0.15) is 0 Å². The van der Waals surface area contributed by atoms with Gasteiger partial charge in [0.05, 0.1) is 0 Å². The largest absolute Gasteiger partial charge is 0.355 e. The number of hydrogen-bond acceptors (Lipinski definition) is 4. The molecule has 0 atom stereocenters. The topological polar surface area (TPSA) is 58.2 Å². The van der Waals surface area contributed by atoms with E-state index < -0.39 is 0 Å². The van der Waals surface area contributed by atoms with E-state index in [1.807, 2.05) is 18.2 Å². The average Bonchev–Trinajstić information content (AvgIpc) is 2.44. The minimum Gasteiger partial charge on any atom is -0.355 e. The van der Waals surface area contributed by atoms with Gasteiger partial charge in [-0.15, -0.1) is 0 Å². The molecule has 1 rings (SSSR count). The molecular formula is C14H20N2O2S. The molecule has 0 aliphatic carbocycles. The van der Waals surface area contributed by atoms with Crippen LogP contribution in [0.25, 0.3) is 0 Å². The first-order valence-corrected chi connectivity index (χ1v) is 7.44. The van der Waals surface area contributed by atoms with Gasteiger partial charge in [0.15, 0.2) is 5.62 Å². The third-order valence-electron chi connectivity index (χ3n) is 2.57. The molecule has 0 aliphatic rings. The van der Waals surface area contributed by atoms with Gasteiger partial charge < -0.3 is 10.6 Å². The fourth-order valence-corrected chi connectivity index (χ4v) is 1.91. The zero-order chi connectivity index (χ0) is 13.8. The van der Waals surface area contributed by atoms with Crippen molar-refractivity contribution in [3.05, 3.63) is 35.9 Å². The van der Waals surface area contributed by atoms with Crippen LogP contribution in [0.15, 0.2) is 30.3 Å². The lowest BCUT2D eigenvalue weighted by atomic mass is 10.1. The molecule has 0 heterocycles. The Kier molecular flexibility index (Phi) is 8.76. The Morgan fingerprint density at radius 3 is 2.68 bits per heavy atom. The molecule has 0 aromatic heterocycles. The number of carbonyl (C=O) groups is 2. The minimum absolute atomic E-state index is 0.0266. The first kappa shape index (κ1) is 15.7. The number of rotatable bonds is 10. The molecule has 0 unspecified atom stereocenters. The number of thioether (sulfide) groups is 1. The van der Waals surface area contributed by atoms with Crippen LogP contribution in [0.3, 0.4) is 0 Å². The minimum atomic E-state index is 0.0266. The molecule has 1 aromatic rings. The van der Waals surface area contributed by atoms with Crippen LogP contribution in [0, 0.1) is 0 Å². The van der Waals surface area contributed by atoms with Crippen LogP contribution in [0.4, 0.5) is 0 Å². The fraction of sp³-hybridized carbons (Fsp3) is 0.429. The second-order valence-electron chi connectivity index (χ2n) is 4.05. The summed E-state index contributed by atoms with van der Waals surface area (Å²) >= 11 is 1.17. The van der Waals surface area contributed by atoms with Gasteiger partial charge in [-0.3, -0.25) is 9.59 Å². The molecule has 1 amide bonds. The van der Waals surface area contributed by atoms with E-state index in [1.165, 1.54) is 17.3 Å². The summed E-state index contributed by atoms with van der Waals surface area (Å²) in [6.07, 6.45) is 1.44. The Hall–Kier alpha value is -1.33. The van der Waals surface area contributed by atoms with Crippen LogP contribution < -0.4 is 10.6 Å². The lowest BCUT2D eigenvalue weighted by Crippen LogP contribution is -2.29. The van der Waals surface area contributed by atoms with Gasteiger partial charge >= 0.3 is 0 Å². The Balaban J connectivity index is 1.95. The Bertz CT molecular complexity index is 371. The molecule has 1 aromatic carbocycles. The monoisotopic (exact) mass is 280 g/mol. The molecule has 5 heteroatoms. The highest BCUT2D eigenvalue weighted by Crippen LogP contribution is 1.98. The summed E-state index contributed by atoms with van der Waals surface area (Å²) in [5.41, 5.74) is 2.09. The molecule has 0 spiro atoms. The van der Waals surface area contributed by atoms with Gasteiger partial charge in [0, 0.05) is 25.3 Å². The van der Waals surface area contributed by atoms with Crippen molar-refractivity contribution in [2.45, 2.75) is 12.8 Å². The van der Waals surface area contributed by atoms with Crippen molar-refractivity contribution in [3.63, 3.8) is 0 Å². The van der Waals surface area contributed by atoms with Crippen molar-refractivity contribution in [1.29, 1.82) is 0 Å². The summed E-state index contributed by atoms with van der Waals surface area (Å²) < 4.78 is 0. The van der Waals surface area contributed by atoms with Crippen LogP contribution in [-0.2, 0) is 16.0 Å². The van der Waals surface area contributed by atoms with Gasteiger partial charge in [0.25, 0.3) is 0 Å². The van der Waals surface area contributed by atoms with Gasteiger partial charge in [-0.25, -0.2) is 0 Å². The van der Waals surface area contributed by atoms with Crippen LogP contribution >= 0.6 is 11.8 Å². The van der Waals surface area contributed by atoms with E-state index in [9.17, 15) is 9.59 Å². The Morgan fingerprint density at radius 1 is 1.16 bits per heavy atom. The zero-order valence-corrected chi connectivity index (χ0v) is 11.7. The molecule has 104 valence electrons. The standard InChI is InChI=1S/C14H20N2O2S/c17-12-19-11-10-16-14(18)7-9-15-8-6-13-4-2-1-3-5-13/h1-5,12,15H,6-11H2,(H,16,18). The number of hydrogen-bond donors (Lipinski definition) is 2. The van der Waals surface area contributed by atoms with Crippen molar-refractivity contribution in [1.82, 2.24) is 10.6 Å². The summed E-state index contributed by atoms with van der Waals surface area (Å²) in [6, 6.07) is 10.3. The van der Waals surface area contributed by atoms with Crippen LogP contribution in [0.2, 0.25) is 0 Å². The SMILES string of the molecule is O=CSCCNC(=O)CCNCCc1ccccc1. The highest BCUT2D eigenvalue weighted by molar-refractivity contribution is 8.11. The van der Waals surface area contributed by atoms with E-state index in [-0.39, 0.29) is 5.91 Å². The zero-order valence-electron chi connectivity index (χ0n) is 10.9. The number of benzene rings is 1. The van der Waals surface area contributed by atoms with Gasteiger partial charge in [0.2, 0.25) is 5.91 Å². The van der Waals surface area contributed by atoms with Crippen molar-refractivity contribution in [2.24, 2.45) is 0 Å². The number of nitrogens with one attached hydrogen (secondary N) is 2. The lowest BCUT2D eigenvalue weighted by molar-refractivity contribution is -0.120. The molecular weight excluding hydrogens is 260 g/mol. The summed E-state index contributed by atoms with van der Waals surface area (Å²) in [6.45, 7) is 2.10. The number of amides is 1. The molecule has 0 saturated carbocycles. The molecule has 19 heavy (non-hydrogen) atoms. The van der Waals surface area contributed by atoms with Crippen molar-refractivity contribution < 1.29 is 9.59 Å². The molecule has 0 saturated heterocycles. The molecule has 0 radical (unpaired) electrons. The molecule has 4 nitrogen and oxygen atoms in total. The van der Waals surface area contributed by atoms with E-state index >= 15 is 0 Å². The normalized spacial score (nSPS) is 10.1. The summed E-state index contributed by atoms with van der Waals surface area (Å²) in [4.78, 5) is 21.4. The van der Waals surface area contributed by atoms with E-state index in [1.54, 1.807) is 0 Å².